The average Bonchev–Trinajstić information content (AvgIpc) is 3.14. The van der Waals surface area contributed by atoms with Gasteiger partial charge < -0.3 is 10.1 Å². The van der Waals surface area contributed by atoms with Gasteiger partial charge in [0.2, 0.25) is 5.91 Å². The number of nitrogens with zero attached hydrogens (tertiary/aromatic N) is 3. The summed E-state index contributed by atoms with van der Waals surface area (Å²) in [6.45, 7) is 5.97. The van der Waals surface area contributed by atoms with Gasteiger partial charge >= 0.3 is 0 Å². The van der Waals surface area contributed by atoms with E-state index in [1.165, 1.54) is 19.1 Å². The molecule has 7 heteroatoms. The van der Waals surface area contributed by atoms with Crippen molar-refractivity contribution >= 4 is 11.7 Å². The Labute approximate surface area is 187 Å². The van der Waals surface area contributed by atoms with E-state index in [0.717, 1.165) is 30.8 Å². The minimum atomic E-state index is -0.320. The van der Waals surface area contributed by atoms with Crippen LogP contribution < -0.4 is 5.32 Å². The first-order valence-electron chi connectivity index (χ1n) is 10.6. The molecule has 3 aromatic rings. The van der Waals surface area contributed by atoms with Crippen LogP contribution in [0.15, 0.2) is 54.6 Å². The van der Waals surface area contributed by atoms with Crippen molar-refractivity contribution in [1.29, 1.82) is 0 Å². The highest BCUT2D eigenvalue weighted by atomic mass is 19.1. The average molecular weight is 432 g/mol. The maximum absolute atomic E-state index is 13.5. The molecular formula is C25H25FN4O2. The SMILES string of the molecule is CC(=O)Nc1c(C#Cc2ccccc2)c(-c2ccc(F)cc2)nn1CCN1CCOCC1. The third kappa shape index (κ3) is 5.41. The highest BCUT2D eigenvalue weighted by molar-refractivity contribution is 5.91. The van der Waals surface area contributed by atoms with E-state index < -0.39 is 0 Å². The Bertz CT molecular complexity index is 1120. The quantitative estimate of drug-likeness (QED) is 0.628. The van der Waals surface area contributed by atoms with Crippen LogP contribution in [0, 0.1) is 17.7 Å². The van der Waals surface area contributed by atoms with Crippen LogP contribution in [-0.2, 0) is 16.1 Å². The van der Waals surface area contributed by atoms with Crippen LogP contribution in [0.4, 0.5) is 10.2 Å². The molecule has 0 bridgehead atoms. The molecule has 1 aliphatic heterocycles. The summed E-state index contributed by atoms with van der Waals surface area (Å²) in [6.07, 6.45) is 0. The fourth-order valence-electron chi connectivity index (χ4n) is 3.56. The molecule has 2 aromatic carbocycles. The summed E-state index contributed by atoms with van der Waals surface area (Å²) in [7, 11) is 0. The monoisotopic (exact) mass is 432 g/mol. The molecular weight excluding hydrogens is 407 g/mol. The number of benzene rings is 2. The zero-order chi connectivity index (χ0) is 22.3. The van der Waals surface area contributed by atoms with Crippen molar-refractivity contribution in [2.75, 3.05) is 38.2 Å². The van der Waals surface area contributed by atoms with Gasteiger partial charge in [0.1, 0.15) is 17.3 Å². The van der Waals surface area contributed by atoms with E-state index in [1.807, 2.05) is 30.3 Å². The van der Waals surface area contributed by atoms with Gasteiger partial charge in [0.25, 0.3) is 0 Å². The number of halogens is 1. The van der Waals surface area contributed by atoms with Gasteiger partial charge in [-0.05, 0) is 36.4 Å². The minimum absolute atomic E-state index is 0.203. The minimum Gasteiger partial charge on any atom is -0.379 e. The molecule has 0 radical (unpaired) electrons. The Morgan fingerprint density at radius 3 is 2.47 bits per heavy atom. The van der Waals surface area contributed by atoms with E-state index in [9.17, 15) is 9.18 Å². The Kier molecular flexibility index (Phi) is 6.95. The molecule has 4 rings (SSSR count). The lowest BCUT2D eigenvalue weighted by atomic mass is 10.1. The highest BCUT2D eigenvalue weighted by Crippen LogP contribution is 2.29. The lowest BCUT2D eigenvalue weighted by Crippen LogP contribution is -2.38. The molecule has 0 aliphatic carbocycles. The number of carbonyl (C=O) groups excluding carboxylic acids is 1. The molecule has 1 fully saturated rings. The van der Waals surface area contributed by atoms with Crippen molar-refractivity contribution in [2.24, 2.45) is 0 Å². The number of hydrogen-bond donors (Lipinski definition) is 1. The fraction of sp³-hybridized carbons (Fsp3) is 0.280. The molecule has 32 heavy (non-hydrogen) atoms. The van der Waals surface area contributed by atoms with Crippen LogP contribution in [0.5, 0.6) is 0 Å². The summed E-state index contributed by atoms with van der Waals surface area (Å²) in [6, 6.07) is 15.8. The summed E-state index contributed by atoms with van der Waals surface area (Å²) < 4.78 is 20.7. The summed E-state index contributed by atoms with van der Waals surface area (Å²) in [5, 5.41) is 7.69. The Morgan fingerprint density at radius 2 is 1.78 bits per heavy atom. The van der Waals surface area contributed by atoms with Gasteiger partial charge in [-0.2, -0.15) is 5.10 Å². The van der Waals surface area contributed by atoms with Gasteiger partial charge in [0.15, 0.2) is 0 Å². The first kappa shape index (κ1) is 21.8. The molecule has 0 atom stereocenters. The fourth-order valence-corrected chi connectivity index (χ4v) is 3.56. The van der Waals surface area contributed by atoms with Crippen molar-refractivity contribution in [3.05, 3.63) is 71.5 Å². The number of ether oxygens (including phenoxy) is 1. The standard InChI is InChI=1S/C25H25FN4O2/c1-19(31)27-25-23(12-7-20-5-3-2-4-6-20)24(21-8-10-22(26)11-9-21)28-30(25)14-13-29-15-17-32-18-16-29/h2-6,8-11H,13-18H2,1H3,(H,27,31). The van der Waals surface area contributed by atoms with Crippen LogP contribution in [0.25, 0.3) is 11.3 Å². The number of aromatic nitrogens is 2. The van der Waals surface area contributed by atoms with Gasteiger partial charge in [0.05, 0.1) is 25.3 Å². The molecule has 1 amide bonds. The van der Waals surface area contributed by atoms with Crippen LogP contribution in [-0.4, -0.2) is 53.4 Å². The lowest BCUT2D eigenvalue weighted by Gasteiger charge is -2.26. The summed E-state index contributed by atoms with van der Waals surface area (Å²) in [5.74, 6) is 6.39. The third-order valence-electron chi connectivity index (χ3n) is 5.20. The molecule has 2 heterocycles. The van der Waals surface area contributed by atoms with Crippen molar-refractivity contribution in [2.45, 2.75) is 13.5 Å². The number of anilines is 1. The lowest BCUT2D eigenvalue weighted by molar-refractivity contribution is -0.114. The summed E-state index contributed by atoms with van der Waals surface area (Å²) in [4.78, 5) is 14.3. The first-order chi connectivity index (χ1) is 15.6. The predicted octanol–water partition coefficient (Wildman–Crippen LogP) is 3.38. The van der Waals surface area contributed by atoms with Gasteiger partial charge in [-0.1, -0.05) is 30.0 Å². The largest absolute Gasteiger partial charge is 0.379 e. The topological polar surface area (TPSA) is 59.4 Å². The number of morpholine rings is 1. The Hall–Kier alpha value is -3.47. The van der Waals surface area contributed by atoms with Crippen molar-refractivity contribution in [3.63, 3.8) is 0 Å². The van der Waals surface area contributed by atoms with Gasteiger partial charge in [-0.15, -0.1) is 0 Å². The van der Waals surface area contributed by atoms with E-state index in [0.29, 0.717) is 36.8 Å². The van der Waals surface area contributed by atoms with Crippen LogP contribution in [0.1, 0.15) is 18.1 Å². The molecule has 0 unspecified atom stereocenters. The zero-order valence-electron chi connectivity index (χ0n) is 18.0. The summed E-state index contributed by atoms with van der Waals surface area (Å²) in [5.41, 5.74) is 2.81. The van der Waals surface area contributed by atoms with Gasteiger partial charge in [0, 0.05) is 37.7 Å². The molecule has 0 saturated carbocycles. The Balaban J connectivity index is 1.75. The third-order valence-corrected chi connectivity index (χ3v) is 5.20. The maximum atomic E-state index is 13.5. The van der Waals surface area contributed by atoms with E-state index in [1.54, 1.807) is 16.8 Å². The predicted molar refractivity (Wildman–Crippen MR) is 122 cm³/mol. The molecule has 1 aromatic heterocycles. The summed E-state index contributed by atoms with van der Waals surface area (Å²) >= 11 is 0. The van der Waals surface area contributed by atoms with Gasteiger partial charge in [-0.25, -0.2) is 9.07 Å². The second kappa shape index (κ2) is 10.2. The van der Waals surface area contributed by atoms with Crippen LogP contribution in [0.2, 0.25) is 0 Å². The van der Waals surface area contributed by atoms with E-state index >= 15 is 0 Å². The maximum Gasteiger partial charge on any atom is 0.222 e. The normalized spacial score (nSPS) is 13.9. The van der Waals surface area contributed by atoms with Crippen LogP contribution >= 0.6 is 0 Å². The second-order valence-electron chi connectivity index (χ2n) is 7.55. The second-order valence-corrected chi connectivity index (χ2v) is 7.55. The molecule has 1 saturated heterocycles. The number of carbonyl (C=O) groups is 1. The van der Waals surface area contributed by atoms with Crippen molar-refractivity contribution in [1.82, 2.24) is 14.7 Å². The molecule has 164 valence electrons. The Morgan fingerprint density at radius 1 is 1.06 bits per heavy atom. The van der Waals surface area contributed by atoms with Crippen molar-refractivity contribution in [3.8, 4) is 23.1 Å². The van der Waals surface area contributed by atoms with Crippen LogP contribution in [0.3, 0.4) is 0 Å². The smallest absolute Gasteiger partial charge is 0.222 e. The molecule has 1 N–H and O–H groups in total. The number of hydrogen-bond acceptors (Lipinski definition) is 4. The number of amides is 1. The molecule has 0 spiro atoms. The first-order valence-corrected chi connectivity index (χ1v) is 10.6. The molecule has 1 aliphatic rings. The van der Waals surface area contributed by atoms with E-state index in [-0.39, 0.29) is 11.7 Å². The van der Waals surface area contributed by atoms with E-state index in [2.05, 4.69) is 22.1 Å². The highest BCUT2D eigenvalue weighted by Gasteiger charge is 2.20. The molecule has 6 nitrogen and oxygen atoms in total. The number of rotatable bonds is 5. The zero-order valence-corrected chi connectivity index (χ0v) is 18.0. The van der Waals surface area contributed by atoms with E-state index in [4.69, 9.17) is 9.84 Å². The number of nitrogens with one attached hydrogen (secondary N) is 1. The van der Waals surface area contributed by atoms with Gasteiger partial charge in [-0.3, -0.25) is 9.69 Å². The van der Waals surface area contributed by atoms with Crippen molar-refractivity contribution < 1.29 is 13.9 Å².